The highest BCUT2D eigenvalue weighted by Gasteiger charge is 2.20. The Balaban J connectivity index is 1.56. The summed E-state index contributed by atoms with van der Waals surface area (Å²) in [6, 6.07) is 16.6. The van der Waals surface area contributed by atoms with E-state index in [0.717, 1.165) is 16.4 Å². The van der Waals surface area contributed by atoms with Crippen LogP contribution in [0.1, 0.15) is 32.6 Å². The van der Waals surface area contributed by atoms with Crippen LogP contribution in [-0.4, -0.2) is 33.8 Å². The van der Waals surface area contributed by atoms with E-state index in [2.05, 4.69) is 11.6 Å². The minimum Gasteiger partial charge on any atom is -0.465 e. The Hall–Kier alpha value is -2.81. The molecule has 34 heavy (non-hydrogen) atoms. The third-order valence-electron chi connectivity index (χ3n) is 5.56. The molecular formula is C26H29NO5S2. The van der Waals surface area contributed by atoms with Gasteiger partial charge in [0.05, 0.1) is 17.6 Å². The summed E-state index contributed by atoms with van der Waals surface area (Å²) in [7, 11) is -2.48. The van der Waals surface area contributed by atoms with E-state index in [1.165, 1.54) is 36.1 Å². The lowest BCUT2D eigenvalue weighted by Crippen LogP contribution is -2.26. The third-order valence-corrected chi connectivity index (χ3v) is 8.01. The molecule has 0 fully saturated rings. The fourth-order valence-electron chi connectivity index (χ4n) is 3.25. The zero-order valence-electron chi connectivity index (χ0n) is 20.0. The molecule has 0 aliphatic carbocycles. The van der Waals surface area contributed by atoms with E-state index in [1.807, 2.05) is 49.4 Å². The van der Waals surface area contributed by atoms with Gasteiger partial charge >= 0.3 is 5.97 Å². The third kappa shape index (κ3) is 6.40. The van der Waals surface area contributed by atoms with Crippen LogP contribution in [0.25, 0.3) is 0 Å². The first kappa shape index (κ1) is 25.8. The van der Waals surface area contributed by atoms with Gasteiger partial charge in [0.1, 0.15) is 11.5 Å². The number of hydrogen-bond acceptors (Lipinski definition) is 6. The van der Waals surface area contributed by atoms with Crippen LogP contribution in [0.3, 0.4) is 0 Å². The van der Waals surface area contributed by atoms with Crippen molar-refractivity contribution in [2.24, 2.45) is 0 Å². The van der Waals surface area contributed by atoms with Gasteiger partial charge in [-0.2, -0.15) is 0 Å². The van der Waals surface area contributed by atoms with Crippen LogP contribution in [0.15, 0.2) is 64.4 Å². The maximum Gasteiger partial charge on any atom is 0.338 e. The van der Waals surface area contributed by atoms with E-state index in [0.29, 0.717) is 16.9 Å². The van der Waals surface area contributed by atoms with Gasteiger partial charge in [-0.3, -0.25) is 0 Å². The van der Waals surface area contributed by atoms with Crippen LogP contribution in [0.5, 0.6) is 11.5 Å². The number of nitrogens with one attached hydrogen (secondary N) is 1. The summed E-state index contributed by atoms with van der Waals surface area (Å²) in [5.41, 5.74) is 4.05. The zero-order chi connectivity index (χ0) is 24.9. The Bertz CT molecular complexity index is 1290. The molecule has 6 nitrogen and oxygen atoms in total. The second-order valence-electron chi connectivity index (χ2n) is 7.97. The molecule has 0 spiro atoms. The molecule has 0 saturated carbocycles. The number of carbonyl (C=O) groups excluding carboxylic acids is 1. The van der Waals surface area contributed by atoms with Gasteiger partial charge in [0, 0.05) is 17.2 Å². The maximum atomic E-state index is 12.7. The molecule has 8 heteroatoms. The van der Waals surface area contributed by atoms with E-state index in [9.17, 15) is 13.2 Å². The molecule has 0 amide bonds. The molecule has 1 N–H and O–H groups in total. The summed E-state index contributed by atoms with van der Waals surface area (Å²) in [4.78, 5) is 13.0. The normalized spacial score (nSPS) is 11.3. The summed E-state index contributed by atoms with van der Waals surface area (Å²) in [6.07, 6.45) is 0. The zero-order valence-corrected chi connectivity index (χ0v) is 21.6. The molecule has 0 radical (unpaired) electrons. The van der Waals surface area contributed by atoms with Crippen LogP contribution in [0.2, 0.25) is 0 Å². The second-order valence-corrected chi connectivity index (χ2v) is 10.9. The van der Waals surface area contributed by atoms with Crippen molar-refractivity contribution in [2.45, 2.75) is 37.5 Å². The molecule has 180 valence electrons. The number of methoxy groups -OCH3 is 1. The molecule has 0 unspecified atom stereocenters. The van der Waals surface area contributed by atoms with Crippen LogP contribution in [0.4, 0.5) is 0 Å². The molecule has 0 aliphatic heterocycles. The van der Waals surface area contributed by atoms with Gasteiger partial charge < -0.3 is 9.47 Å². The molecule has 0 aromatic heterocycles. The molecule has 0 heterocycles. The lowest BCUT2D eigenvalue weighted by molar-refractivity contribution is 0.0599. The molecule has 3 aromatic rings. The van der Waals surface area contributed by atoms with Crippen LogP contribution in [-0.2, 0) is 14.8 Å². The van der Waals surface area contributed by atoms with Crippen LogP contribution < -0.4 is 9.46 Å². The highest BCUT2D eigenvalue weighted by atomic mass is 32.2. The van der Waals surface area contributed by atoms with E-state index in [-0.39, 0.29) is 17.0 Å². The minimum atomic E-state index is -3.76. The summed E-state index contributed by atoms with van der Waals surface area (Å²) in [5.74, 6) is 1.52. The molecule has 3 aromatic carbocycles. The van der Waals surface area contributed by atoms with Gasteiger partial charge in [-0.15, -0.1) is 11.8 Å². The Morgan fingerprint density at radius 3 is 2.21 bits per heavy atom. The Morgan fingerprint density at radius 2 is 1.56 bits per heavy atom. The smallest absolute Gasteiger partial charge is 0.338 e. The number of carbonyl (C=O) groups is 1. The van der Waals surface area contributed by atoms with Crippen molar-refractivity contribution in [3.63, 3.8) is 0 Å². The minimum absolute atomic E-state index is 0.0499. The lowest BCUT2D eigenvalue weighted by atomic mass is 10.0. The molecule has 0 saturated heterocycles. The fraction of sp³-hybridized carbons (Fsp3) is 0.269. The van der Waals surface area contributed by atoms with Crippen molar-refractivity contribution >= 4 is 27.8 Å². The highest BCUT2D eigenvalue weighted by molar-refractivity contribution is 7.99. The van der Waals surface area contributed by atoms with Gasteiger partial charge in [0.25, 0.3) is 0 Å². The quantitative estimate of drug-likeness (QED) is 0.235. The SMILES string of the molecule is COC(=O)c1cc(S(=O)(=O)NCCSc2ccc(Oc3ccc(C)c(C)c3)cc2)cc(C)c1C. The van der Waals surface area contributed by atoms with Crippen LogP contribution in [0, 0.1) is 27.7 Å². The van der Waals surface area contributed by atoms with Gasteiger partial charge in [-0.05, 0) is 98.5 Å². The Labute approximate surface area is 205 Å². The van der Waals surface area contributed by atoms with E-state index >= 15 is 0 Å². The number of sulfonamides is 1. The number of rotatable bonds is 9. The molecule has 3 rings (SSSR count). The summed E-state index contributed by atoms with van der Waals surface area (Å²) in [6.45, 7) is 7.89. The first-order valence-electron chi connectivity index (χ1n) is 10.8. The number of hydrogen-bond donors (Lipinski definition) is 1. The largest absolute Gasteiger partial charge is 0.465 e. The lowest BCUT2D eigenvalue weighted by Gasteiger charge is -2.12. The number of thioether (sulfide) groups is 1. The van der Waals surface area contributed by atoms with Gasteiger partial charge in [-0.25, -0.2) is 17.9 Å². The summed E-state index contributed by atoms with van der Waals surface area (Å²) in [5, 5.41) is 0. The van der Waals surface area contributed by atoms with E-state index < -0.39 is 16.0 Å². The molecular weight excluding hydrogens is 470 g/mol. The van der Waals surface area contributed by atoms with Crippen molar-refractivity contribution in [3.05, 3.63) is 82.4 Å². The standard InChI is InChI=1S/C26H29NO5S2/c1-17-6-7-22(14-18(17)2)32-21-8-10-23(11-9-21)33-13-12-27-34(29,30)24-15-19(3)20(4)25(16-24)26(28)31-5/h6-11,14-16,27H,12-13H2,1-5H3. The van der Waals surface area contributed by atoms with E-state index in [1.54, 1.807) is 19.9 Å². The van der Waals surface area contributed by atoms with Crippen molar-refractivity contribution in [1.29, 1.82) is 0 Å². The van der Waals surface area contributed by atoms with Crippen molar-refractivity contribution in [1.82, 2.24) is 4.72 Å². The number of benzene rings is 3. The predicted octanol–water partition coefficient (Wildman–Crippen LogP) is 5.57. The first-order chi connectivity index (χ1) is 16.1. The Kier molecular flexibility index (Phi) is 8.41. The molecule has 0 atom stereocenters. The van der Waals surface area contributed by atoms with Crippen molar-refractivity contribution in [2.75, 3.05) is 19.4 Å². The van der Waals surface area contributed by atoms with Gasteiger partial charge in [-0.1, -0.05) is 6.07 Å². The molecule has 0 aliphatic rings. The summed E-state index contributed by atoms with van der Waals surface area (Å²) < 4.78 is 38.8. The average Bonchev–Trinajstić information content (AvgIpc) is 2.81. The number of esters is 1. The van der Waals surface area contributed by atoms with Crippen molar-refractivity contribution < 1.29 is 22.7 Å². The van der Waals surface area contributed by atoms with Crippen molar-refractivity contribution in [3.8, 4) is 11.5 Å². The van der Waals surface area contributed by atoms with Crippen LogP contribution >= 0.6 is 11.8 Å². The highest BCUT2D eigenvalue weighted by Crippen LogP contribution is 2.27. The fourth-order valence-corrected chi connectivity index (χ4v) is 5.29. The first-order valence-corrected chi connectivity index (χ1v) is 13.2. The van der Waals surface area contributed by atoms with Gasteiger partial charge in [0.2, 0.25) is 10.0 Å². The average molecular weight is 500 g/mol. The topological polar surface area (TPSA) is 81.7 Å². The molecule has 0 bridgehead atoms. The predicted molar refractivity (Wildman–Crippen MR) is 136 cm³/mol. The van der Waals surface area contributed by atoms with E-state index in [4.69, 9.17) is 9.47 Å². The maximum absolute atomic E-state index is 12.7. The second kappa shape index (κ2) is 11.1. The number of ether oxygens (including phenoxy) is 2. The monoisotopic (exact) mass is 499 g/mol. The Morgan fingerprint density at radius 1 is 0.882 bits per heavy atom. The number of aryl methyl sites for hydroxylation is 3. The summed E-state index contributed by atoms with van der Waals surface area (Å²) >= 11 is 1.54. The van der Waals surface area contributed by atoms with Gasteiger partial charge in [0.15, 0.2) is 0 Å².